The van der Waals surface area contributed by atoms with Crippen molar-refractivity contribution < 1.29 is 8.42 Å². The van der Waals surface area contributed by atoms with E-state index in [1.165, 1.54) is 0 Å². The summed E-state index contributed by atoms with van der Waals surface area (Å²) in [6, 6.07) is 5.28. The van der Waals surface area contributed by atoms with Gasteiger partial charge in [-0.1, -0.05) is 22.0 Å². The maximum Gasteiger partial charge on any atom is 0.281 e. The highest BCUT2D eigenvalue weighted by Crippen LogP contribution is 2.24. The molecule has 0 saturated carbocycles. The second kappa shape index (κ2) is 6.17. The number of sulfonamides is 1. The largest absolute Gasteiger partial charge is 0.316 e. The van der Waals surface area contributed by atoms with Crippen molar-refractivity contribution in [2.45, 2.75) is 25.4 Å². The van der Waals surface area contributed by atoms with Gasteiger partial charge in [0.15, 0.2) is 0 Å². The zero-order valence-corrected chi connectivity index (χ0v) is 14.4. The van der Waals surface area contributed by atoms with Crippen molar-refractivity contribution in [2.75, 3.05) is 11.8 Å². The van der Waals surface area contributed by atoms with E-state index in [1.807, 2.05) is 13.0 Å². The minimum Gasteiger partial charge on any atom is -0.316 e. The molecule has 0 radical (unpaired) electrons. The summed E-state index contributed by atoms with van der Waals surface area (Å²) in [7, 11) is -1.97. The Bertz CT molecular complexity index is 756. The maximum atomic E-state index is 12.5. The number of nitrogens with zero attached hydrogens (tertiary/aromatic N) is 1. The van der Waals surface area contributed by atoms with E-state index in [1.54, 1.807) is 26.1 Å². The van der Waals surface area contributed by atoms with Gasteiger partial charge in [-0.15, -0.1) is 0 Å². The SMILES string of the molecule is CNCc1c(S(=O)(=O)Nc2ccc(C)c(Br)c2)n[nH]c1C. The molecule has 0 amide bonds. The Kier molecular flexibility index (Phi) is 4.70. The van der Waals surface area contributed by atoms with Crippen LogP contribution in [0, 0.1) is 13.8 Å². The van der Waals surface area contributed by atoms with Crippen molar-refractivity contribution in [1.29, 1.82) is 0 Å². The normalized spacial score (nSPS) is 11.6. The van der Waals surface area contributed by atoms with E-state index in [0.29, 0.717) is 17.8 Å². The van der Waals surface area contributed by atoms with Crippen molar-refractivity contribution >= 4 is 31.6 Å². The topological polar surface area (TPSA) is 86.9 Å². The summed E-state index contributed by atoms with van der Waals surface area (Å²) in [6.07, 6.45) is 0. The van der Waals surface area contributed by atoms with Crippen LogP contribution in [0.15, 0.2) is 27.7 Å². The summed E-state index contributed by atoms with van der Waals surface area (Å²) in [5.74, 6) is 0. The van der Waals surface area contributed by atoms with E-state index in [2.05, 4.69) is 36.2 Å². The van der Waals surface area contributed by atoms with Crippen molar-refractivity contribution in [3.8, 4) is 0 Å². The second-order valence-corrected chi connectivity index (χ2v) is 7.18. The van der Waals surface area contributed by atoms with Gasteiger partial charge in [-0.3, -0.25) is 9.82 Å². The molecule has 0 aliphatic carbocycles. The van der Waals surface area contributed by atoms with Crippen molar-refractivity contribution in [3.05, 3.63) is 39.5 Å². The molecule has 0 saturated heterocycles. The van der Waals surface area contributed by atoms with Gasteiger partial charge in [0.25, 0.3) is 10.0 Å². The molecule has 1 heterocycles. The van der Waals surface area contributed by atoms with E-state index in [-0.39, 0.29) is 5.03 Å². The lowest BCUT2D eigenvalue weighted by molar-refractivity contribution is 0.595. The summed E-state index contributed by atoms with van der Waals surface area (Å²) in [5.41, 5.74) is 2.89. The Labute approximate surface area is 132 Å². The first-order chi connectivity index (χ1) is 9.85. The molecule has 2 rings (SSSR count). The van der Waals surface area contributed by atoms with Gasteiger partial charge in [-0.2, -0.15) is 13.5 Å². The Morgan fingerprint density at radius 2 is 2.05 bits per heavy atom. The highest BCUT2D eigenvalue weighted by atomic mass is 79.9. The lowest BCUT2D eigenvalue weighted by atomic mass is 10.2. The van der Waals surface area contributed by atoms with Crippen LogP contribution in [-0.4, -0.2) is 25.7 Å². The molecule has 0 aliphatic rings. The first-order valence-electron chi connectivity index (χ1n) is 6.32. The van der Waals surface area contributed by atoms with Crippen LogP contribution in [0.5, 0.6) is 0 Å². The van der Waals surface area contributed by atoms with E-state index >= 15 is 0 Å². The van der Waals surface area contributed by atoms with E-state index in [9.17, 15) is 8.42 Å². The average molecular weight is 373 g/mol. The van der Waals surface area contributed by atoms with Gasteiger partial charge in [0.1, 0.15) is 0 Å². The van der Waals surface area contributed by atoms with E-state index in [4.69, 9.17) is 0 Å². The number of halogens is 1. The third-order valence-electron chi connectivity index (χ3n) is 3.07. The molecule has 8 heteroatoms. The molecule has 0 bridgehead atoms. The fraction of sp³-hybridized carbons (Fsp3) is 0.308. The maximum absolute atomic E-state index is 12.5. The lowest BCUT2D eigenvalue weighted by Gasteiger charge is -2.09. The summed E-state index contributed by atoms with van der Waals surface area (Å²) in [5, 5.41) is 9.59. The molecule has 114 valence electrons. The molecule has 0 spiro atoms. The van der Waals surface area contributed by atoms with Gasteiger partial charge >= 0.3 is 0 Å². The van der Waals surface area contributed by atoms with Crippen LogP contribution in [0.2, 0.25) is 0 Å². The van der Waals surface area contributed by atoms with Crippen LogP contribution in [0.25, 0.3) is 0 Å². The van der Waals surface area contributed by atoms with Crippen LogP contribution in [0.4, 0.5) is 5.69 Å². The smallest absolute Gasteiger partial charge is 0.281 e. The minimum absolute atomic E-state index is 0.0195. The predicted octanol–water partition coefficient (Wildman–Crippen LogP) is 2.31. The van der Waals surface area contributed by atoms with E-state index in [0.717, 1.165) is 15.7 Å². The third-order valence-corrected chi connectivity index (χ3v) is 5.27. The average Bonchev–Trinajstić information content (AvgIpc) is 2.77. The first kappa shape index (κ1) is 16.0. The van der Waals surface area contributed by atoms with Gasteiger partial charge in [-0.05, 0) is 38.6 Å². The monoisotopic (exact) mass is 372 g/mol. The molecule has 3 N–H and O–H groups in total. The Morgan fingerprint density at radius 3 is 2.67 bits per heavy atom. The predicted molar refractivity (Wildman–Crippen MR) is 85.8 cm³/mol. The number of H-pyrrole nitrogens is 1. The van der Waals surface area contributed by atoms with Crippen LogP contribution < -0.4 is 10.0 Å². The van der Waals surface area contributed by atoms with Crippen LogP contribution >= 0.6 is 15.9 Å². The van der Waals surface area contributed by atoms with Gasteiger partial charge < -0.3 is 5.32 Å². The molecule has 0 atom stereocenters. The van der Waals surface area contributed by atoms with Gasteiger partial charge in [0.05, 0.1) is 5.69 Å². The van der Waals surface area contributed by atoms with Gasteiger partial charge in [-0.25, -0.2) is 0 Å². The zero-order valence-electron chi connectivity index (χ0n) is 12.0. The fourth-order valence-corrected chi connectivity index (χ4v) is 3.53. The summed E-state index contributed by atoms with van der Waals surface area (Å²) in [6.45, 7) is 4.15. The number of hydrogen-bond donors (Lipinski definition) is 3. The Hall–Kier alpha value is -1.38. The number of rotatable bonds is 5. The summed E-state index contributed by atoms with van der Waals surface area (Å²) in [4.78, 5) is 0. The quantitative estimate of drug-likeness (QED) is 0.751. The van der Waals surface area contributed by atoms with Crippen molar-refractivity contribution in [3.63, 3.8) is 0 Å². The molecule has 1 aromatic heterocycles. The number of aromatic nitrogens is 2. The molecule has 0 aliphatic heterocycles. The molecule has 21 heavy (non-hydrogen) atoms. The summed E-state index contributed by atoms with van der Waals surface area (Å²) < 4.78 is 28.3. The number of benzene rings is 1. The minimum atomic E-state index is -3.73. The number of aromatic amines is 1. The van der Waals surface area contributed by atoms with Gasteiger partial charge in [0, 0.05) is 22.3 Å². The molecule has 0 unspecified atom stereocenters. The molecule has 6 nitrogen and oxygen atoms in total. The number of hydrogen-bond acceptors (Lipinski definition) is 4. The number of nitrogens with one attached hydrogen (secondary N) is 3. The number of anilines is 1. The van der Waals surface area contributed by atoms with Crippen LogP contribution in [-0.2, 0) is 16.6 Å². The molecule has 0 fully saturated rings. The molecule has 1 aromatic carbocycles. The van der Waals surface area contributed by atoms with Crippen LogP contribution in [0.1, 0.15) is 16.8 Å². The Balaban J connectivity index is 2.36. The van der Waals surface area contributed by atoms with Crippen molar-refractivity contribution in [2.24, 2.45) is 0 Å². The first-order valence-corrected chi connectivity index (χ1v) is 8.60. The van der Waals surface area contributed by atoms with Gasteiger partial charge in [0.2, 0.25) is 5.03 Å². The number of aryl methyl sites for hydroxylation is 2. The zero-order chi connectivity index (χ0) is 15.6. The molecule has 2 aromatic rings. The van der Waals surface area contributed by atoms with Crippen molar-refractivity contribution in [1.82, 2.24) is 15.5 Å². The highest BCUT2D eigenvalue weighted by Gasteiger charge is 2.23. The van der Waals surface area contributed by atoms with Crippen LogP contribution in [0.3, 0.4) is 0 Å². The standard InChI is InChI=1S/C13H17BrN4O2S/c1-8-4-5-10(6-12(8)14)18-21(19,20)13-11(7-15-3)9(2)16-17-13/h4-6,15,18H,7H2,1-3H3,(H,16,17). The lowest BCUT2D eigenvalue weighted by Crippen LogP contribution is -2.17. The Morgan fingerprint density at radius 1 is 1.33 bits per heavy atom. The fourth-order valence-electron chi connectivity index (χ4n) is 1.90. The second-order valence-electron chi connectivity index (χ2n) is 4.73. The highest BCUT2D eigenvalue weighted by molar-refractivity contribution is 9.10. The summed E-state index contributed by atoms with van der Waals surface area (Å²) >= 11 is 3.39. The molecular formula is C13H17BrN4O2S. The van der Waals surface area contributed by atoms with E-state index < -0.39 is 10.0 Å². The molecular weight excluding hydrogens is 356 g/mol. The third kappa shape index (κ3) is 3.45.